The lowest BCUT2D eigenvalue weighted by molar-refractivity contribution is 0.354. The molecule has 0 N–H and O–H groups in total. The Hall–Kier alpha value is -4.33. The summed E-state index contributed by atoms with van der Waals surface area (Å²) in [6.45, 7) is 0. The Bertz CT molecular complexity index is 1310. The van der Waals surface area contributed by atoms with Crippen LogP contribution in [0.1, 0.15) is 0 Å². The summed E-state index contributed by atoms with van der Waals surface area (Å²) < 4.78 is 53.9. The van der Waals surface area contributed by atoms with E-state index in [1.807, 2.05) is 72.8 Å². The molecule has 0 atom stereocenters. The zero-order valence-electron chi connectivity index (χ0n) is 25.6. The lowest BCUT2D eigenvalue weighted by atomic mass is 10.3. The molecule has 0 saturated heterocycles. The van der Waals surface area contributed by atoms with Gasteiger partial charge in [-0.1, -0.05) is 48.5 Å². The number of ether oxygens (including phenoxy) is 8. The van der Waals surface area contributed by atoms with Crippen molar-refractivity contribution in [2.45, 2.75) is 0 Å². The fourth-order valence-electron chi connectivity index (χ4n) is 4.88. The maximum atomic E-state index is 7.42. The zero-order valence-corrected chi connectivity index (χ0v) is 27.6. The minimum absolute atomic E-state index is 0.570. The number of methoxy groups -OCH3 is 8. The summed E-state index contributed by atoms with van der Waals surface area (Å²) in [5, 5.41) is 3.29. The monoisotopic (exact) mass is 620 g/mol. The Labute approximate surface area is 256 Å². The van der Waals surface area contributed by atoms with Gasteiger partial charge in [0.25, 0.3) is 18.1 Å². The standard InChI is InChI=1S/C32H36O9Si2/c1-33-21-13-9-17-25(29(21)37-5)42(26-18-10-14-22(34-2)30(26)38-6)41-43(27-19-11-15-23(35-3)31(27)39-7)28-20-12-16-24(36-4)32(28)40-8/h9-20H,1-8H3. The van der Waals surface area contributed by atoms with Crippen LogP contribution in [0.15, 0.2) is 72.8 Å². The molecule has 2 radical (unpaired) electrons. The molecule has 4 aromatic rings. The molecule has 0 unspecified atom stereocenters. The van der Waals surface area contributed by atoms with Crippen LogP contribution in [0.2, 0.25) is 0 Å². The van der Waals surface area contributed by atoms with Gasteiger partial charge >= 0.3 is 0 Å². The van der Waals surface area contributed by atoms with Gasteiger partial charge in [0.15, 0.2) is 46.0 Å². The topological polar surface area (TPSA) is 83.1 Å². The van der Waals surface area contributed by atoms with E-state index in [0.717, 1.165) is 20.7 Å². The molecule has 0 aliphatic rings. The van der Waals surface area contributed by atoms with Crippen LogP contribution < -0.4 is 58.6 Å². The Morgan fingerprint density at radius 2 is 0.558 bits per heavy atom. The van der Waals surface area contributed by atoms with E-state index in [0.29, 0.717) is 46.0 Å². The number of hydrogen-bond acceptors (Lipinski definition) is 9. The van der Waals surface area contributed by atoms with Gasteiger partial charge in [-0.25, -0.2) is 0 Å². The number of hydrogen-bond donors (Lipinski definition) is 0. The van der Waals surface area contributed by atoms with Gasteiger partial charge < -0.3 is 42.0 Å². The maximum Gasteiger partial charge on any atom is 0.280 e. The Kier molecular flexibility index (Phi) is 10.8. The summed E-state index contributed by atoms with van der Waals surface area (Å²) >= 11 is 0. The van der Waals surface area contributed by atoms with Crippen molar-refractivity contribution in [3.05, 3.63) is 72.8 Å². The zero-order chi connectivity index (χ0) is 30.9. The third-order valence-corrected chi connectivity index (χ3v) is 12.0. The minimum atomic E-state index is -2.19. The van der Waals surface area contributed by atoms with E-state index < -0.39 is 18.1 Å². The lowest BCUT2D eigenvalue weighted by Gasteiger charge is -2.28. The predicted molar refractivity (Wildman–Crippen MR) is 169 cm³/mol. The molecule has 4 rings (SSSR count). The summed E-state index contributed by atoms with van der Waals surface area (Å²) in [7, 11) is 8.53. The molecule has 0 saturated carbocycles. The normalized spacial score (nSPS) is 10.8. The van der Waals surface area contributed by atoms with Gasteiger partial charge in [-0.2, -0.15) is 0 Å². The first-order valence-electron chi connectivity index (χ1n) is 13.3. The molecule has 0 bridgehead atoms. The summed E-state index contributed by atoms with van der Waals surface area (Å²) in [6, 6.07) is 23.0. The molecule has 11 heteroatoms. The van der Waals surface area contributed by atoms with Gasteiger partial charge in [-0.15, -0.1) is 0 Å². The average Bonchev–Trinajstić information content (AvgIpc) is 3.07. The third-order valence-electron chi connectivity index (χ3n) is 6.79. The molecule has 0 aliphatic carbocycles. The van der Waals surface area contributed by atoms with Gasteiger partial charge in [0.05, 0.1) is 56.9 Å². The molecule has 0 amide bonds. The van der Waals surface area contributed by atoms with Crippen molar-refractivity contribution in [2.24, 2.45) is 0 Å². The fraction of sp³-hybridized carbons (Fsp3) is 0.250. The second kappa shape index (κ2) is 14.7. The van der Waals surface area contributed by atoms with E-state index in [9.17, 15) is 0 Å². The molecule has 226 valence electrons. The van der Waals surface area contributed by atoms with Crippen molar-refractivity contribution in [3.8, 4) is 46.0 Å². The highest BCUT2D eigenvalue weighted by molar-refractivity contribution is 6.93. The number of benzene rings is 4. The second-order valence-electron chi connectivity index (χ2n) is 8.92. The van der Waals surface area contributed by atoms with E-state index in [-0.39, 0.29) is 0 Å². The molecular weight excluding hydrogens is 585 g/mol. The van der Waals surface area contributed by atoms with Crippen molar-refractivity contribution in [2.75, 3.05) is 56.9 Å². The van der Waals surface area contributed by atoms with Gasteiger partial charge in [0, 0.05) is 20.7 Å². The van der Waals surface area contributed by atoms with Gasteiger partial charge in [0.1, 0.15) is 0 Å². The molecular formula is C32H36O9Si2. The van der Waals surface area contributed by atoms with Crippen LogP contribution in [0, 0.1) is 0 Å². The van der Waals surface area contributed by atoms with Crippen LogP contribution in [0.3, 0.4) is 0 Å². The molecule has 0 heterocycles. The van der Waals surface area contributed by atoms with Crippen molar-refractivity contribution >= 4 is 38.8 Å². The van der Waals surface area contributed by atoms with Crippen molar-refractivity contribution in [1.29, 1.82) is 0 Å². The highest BCUT2D eigenvalue weighted by Crippen LogP contribution is 2.31. The van der Waals surface area contributed by atoms with Crippen molar-refractivity contribution in [1.82, 2.24) is 0 Å². The van der Waals surface area contributed by atoms with E-state index >= 15 is 0 Å². The van der Waals surface area contributed by atoms with E-state index in [4.69, 9.17) is 42.0 Å². The molecule has 9 nitrogen and oxygen atoms in total. The highest BCUT2D eigenvalue weighted by atomic mass is 28.4. The first kappa shape index (κ1) is 31.6. The van der Waals surface area contributed by atoms with Crippen LogP contribution in [0.5, 0.6) is 46.0 Å². The fourth-order valence-corrected chi connectivity index (χ4v) is 10.7. The summed E-state index contributed by atoms with van der Waals surface area (Å²) in [4.78, 5) is 0. The lowest BCUT2D eigenvalue weighted by Crippen LogP contribution is -2.56. The van der Waals surface area contributed by atoms with Crippen LogP contribution in [0.4, 0.5) is 0 Å². The van der Waals surface area contributed by atoms with Gasteiger partial charge in [-0.3, -0.25) is 0 Å². The van der Waals surface area contributed by atoms with E-state index in [2.05, 4.69) is 0 Å². The summed E-state index contributed by atoms with van der Waals surface area (Å²) in [6.07, 6.45) is 0. The van der Waals surface area contributed by atoms with E-state index in [1.165, 1.54) is 0 Å². The molecule has 43 heavy (non-hydrogen) atoms. The summed E-state index contributed by atoms with van der Waals surface area (Å²) in [5.41, 5.74) is 0. The molecule has 0 fully saturated rings. The predicted octanol–water partition coefficient (Wildman–Crippen LogP) is 2.68. The Morgan fingerprint density at radius 1 is 0.326 bits per heavy atom. The van der Waals surface area contributed by atoms with Gasteiger partial charge in [0.2, 0.25) is 0 Å². The smallest absolute Gasteiger partial charge is 0.280 e. The first-order valence-corrected chi connectivity index (χ1v) is 16.1. The van der Waals surface area contributed by atoms with Crippen molar-refractivity contribution < 1.29 is 42.0 Å². The van der Waals surface area contributed by atoms with Gasteiger partial charge in [-0.05, 0) is 24.3 Å². The van der Waals surface area contributed by atoms with Crippen LogP contribution in [-0.4, -0.2) is 75.0 Å². The molecule has 0 aromatic heterocycles. The Balaban J connectivity index is 2.08. The molecule has 0 spiro atoms. The van der Waals surface area contributed by atoms with Crippen LogP contribution in [-0.2, 0) is 4.12 Å². The highest BCUT2D eigenvalue weighted by Gasteiger charge is 2.37. The quantitative estimate of drug-likeness (QED) is 0.198. The maximum absolute atomic E-state index is 7.42. The third kappa shape index (κ3) is 6.24. The van der Waals surface area contributed by atoms with Crippen LogP contribution in [0.25, 0.3) is 0 Å². The number of para-hydroxylation sites is 4. The summed E-state index contributed by atoms with van der Waals surface area (Å²) in [5.74, 6) is 4.61. The largest absolute Gasteiger partial charge is 0.493 e. The second-order valence-corrected chi connectivity index (χ2v) is 13.2. The molecule has 4 aromatic carbocycles. The molecule has 0 aliphatic heterocycles. The van der Waals surface area contributed by atoms with Crippen molar-refractivity contribution in [3.63, 3.8) is 0 Å². The SMILES string of the molecule is COc1cccc([Si](O[Si](c2cccc(OC)c2OC)c2cccc(OC)c2OC)c2cccc(OC)c2OC)c1OC. The first-order chi connectivity index (χ1) is 21.0. The van der Waals surface area contributed by atoms with Crippen LogP contribution >= 0.6 is 0 Å². The minimum Gasteiger partial charge on any atom is -0.493 e. The number of rotatable bonds is 14. The van der Waals surface area contributed by atoms with E-state index in [1.54, 1.807) is 56.9 Å². The average molecular weight is 621 g/mol. The Morgan fingerprint density at radius 3 is 0.744 bits per heavy atom.